The Labute approximate surface area is 213 Å². The van der Waals surface area contributed by atoms with Crippen molar-refractivity contribution in [3.63, 3.8) is 0 Å². The topological polar surface area (TPSA) is 107 Å². The lowest BCUT2D eigenvalue weighted by molar-refractivity contribution is -0.149. The van der Waals surface area contributed by atoms with Crippen molar-refractivity contribution in [2.75, 3.05) is 51.9 Å². The van der Waals surface area contributed by atoms with Crippen LogP contribution >= 0.6 is 0 Å². The van der Waals surface area contributed by atoms with Gasteiger partial charge in [-0.1, -0.05) is 25.1 Å². The highest BCUT2D eigenvalue weighted by atomic mass is 16.5. The number of rotatable bonds is 17. The Balaban J connectivity index is 1.92. The predicted octanol–water partition coefficient (Wildman–Crippen LogP) is 4.46. The first-order chi connectivity index (χ1) is 17.5. The molecule has 1 unspecified atom stereocenters. The lowest BCUT2D eigenvalue weighted by Gasteiger charge is -2.23. The molecule has 0 saturated carbocycles. The molecule has 0 aliphatic rings. The van der Waals surface area contributed by atoms with Gasteiger partial charge < -0.3 is 34.3 Å². The molecule has 9 nitrogen and oxygen atoms in total. The van der Waals surface area contributed by atoms with Crippen molar-refractivity contribution in [1.82, 2.24) is 4.90 Å². The fourth-order valence-electron chi connectivity index (χ4n) is 3.45. The summed E-state index contributed by atoms with van der Waals surface area (Å²) in [6, 6.07) is 14.2. The Bertz CT molecular complexity index is 921. The maximum absolute atomic E-state index is 12.9. The van der Waals surface area contributed by atoms with Crippen molar-refractivity contribution >= 4 is 17.7 Å². The molecule has 0 aliphatic carbocycles. The quantitative estimate of drug-likeness (QED) is 0.308. The van der Waals surface area contributed by atoms with Gasteiger partial charge in [0.05, 0.1) is 13.7 Å². The van der Waals surface area contributed by atoms with Crippen LogP contribution in [0.15, 0.2) is 48.5 Å². The highest BCUT2D eigenvalue weighted by molar-refractivity contribution is 5.89. The zero-order valence-corrected chi connectivity index (χ0v) is 21.4. The van der Waals surface area contributed by atoms with Crippen LogP contribution < -0.4 is 14.8 Å². The largest absolute Gasteiger partial charge is 0.497 e. The molecule has 0 radical (unpaired) electrons. The van der Waals surface area contributed by atoms with Crippen LogP contribution in [0.3, 0.4) is 0 Å². The van der Waals surface area contributed by atoms with Crippen LogP contribution in [0.2, 0.25) is 0 Å². The van der Waals surface area contributed by atoms with Gasteiger partial charge in [0, 0.05) is 44.5 Å². The first kappa shape index (κ1) is 28.9. The molecular weight excluding hydrogens is 464 g/mol. The highest BCUT2D eigenvalue weighted by Crippen LogP contribution is 2.18. The van der Waals surface area contributed by atoms with E-state index in [4.69, 9.17) is 18.9 Å². The van der Waals surface area contributed by atoms with Crippen molar-refractivity contribution in [2.24, 2.45) is 0 Å². The van der Waals surface area contributed by atoms with E-state index in [0.717, 1.165) is 12.0 Å². The normalized spacial score (nSPS) is 11.5. The van der Waals surface area contributed by atoms with E-state index in [0.29, 0.717) is 63.1 Å². The molecule has 2 amide bonds. The zero-order chi connectivity index (χ0) is 26.2. The zero-order valence-electron chi connectivity index (χ0n) is 21.4. The summed E-state index contributed by atoms with van der Waals surface area (Å²) in [5, 5.41) is 12.2. The third kappa shape index (κ3) is 10.5. The number of urea groups is 1. The minimum absolute atomic E-state index is 0.228. The number of anilines is 1. The number of carboxylic acids is 1. The molecule has 0 saturated heterocycles. The van der Waals surface area contributed by atoms with Crippen LogP contribution in [0.4, 0.5) is 10.5 Å². The molecule has 1 atom stereocenters. The van der Waals surface area contributed by atoms with Crippen molar-refractivity contribution in [1.29, 1.82) is 0 Å². The van der Waals surface area contributed by atoms with E-state index >= 15 is 0 Å². The molecule has 36 heavy (non-hydrogen) atoms. The van der Waals surface area contributed by atoms with Crippen LogP contribution in [0.1, 0.15) is 32.3 Å². The molecule has 0 spiro atoms. The molecule has 0 aliphatic heterocycles. The van der Waals surface area contributed by atoms with E-state index in [-0.39, 0.29) is 12.5 Å². The van der Waals surface area contributed by atoms with Crippen molar-refractivity contribution in [2.45, 2.75) is 39.2 Å². The minimum Gasteiger partial charge on any atom is -0.497 e. The van der Waals surface area contributed by atoms with E-state index < -0.39 is 12.1 Å². The summed E-state index contributed by atoms with van der Waals surface area (Å²) < 4.78 is 21.9. The number of methoxy groups -OCH3 is 1. The number of aliphatic carboxylic acids is 1. The summed E-state index contributed by atoms with van der Waals surface area (Å²) in [4.78, 5) is 25.9. The van der Waals surface area contributed by atoms with Gasteiger partial charge in [-0.15, -0.1) is 0 Å². The van der Waals surface area contributed by atoms with Gasteiger partial charge in [-0.3, -0.25) is 0 Å². The second kappa shape index (κ2) is 16.4. The maximum Gasteiger partial charge on any atom is 0.333 e. The van der Waals surface area contributed by atoms with Gasteiger partial charge in [-0.05, 0) is 49.6 Å². The second-order valence-corrected chi connectivity index (χ2v) is 8.09. The van der Waals surface area contributed by atoms with E-state index in [1.807, 2.05) is 30.3 Å². The van der Waals surface area contributed by atoms with Crippen molar-refractivity contribution in [3.05, 3.63) is 54.1 Å². The van der Waals surface area contributed by atoms with Gasteiger partial charge in [-0.25, -0.2) is 9.59 Å². The third-order valence-electron chi connectivity index (χ3n) is 5.29. The number of hydrogen-bond donors (Lipinski definition) is 2. The maximum atomic E-state index is 12.9. The van der Waals surface area contributed by atoms with Crippen LogP contribution in [0.5, 0.6) is 11.5 Å². The minimum atomic E-state index is -0.982. The molecule has 198 valence electrons. The van der Waals surface area contributed by atoms with Gasteiger partial charge in [0.2, 0.25) is 0 Å². The lowest BCUT2D eigenvalue weighted by Crippen LogP contribution is -2.39. The smallest absolute Gasteiger partial charge is 0.333 e. The van der Waals surface area contributed by atoms with Crippen LogP contribution in [0.25, 0.3) is 0 Å². The number of hydrogen-bond acceptors (Lipinski definition) is 6. The van der Waals surface area contributed by atoms with Crippen molar-refractivity contribution < 1.29 is 33.6 Å². The molecule has 2 aromatic rings. The number of ether oxygens (including phenoxy) is 4. The molecule has 2 rings (SSSR count). The van der Waals surface area contributed by atoms with E-state index in [1.165, 1.54) is 0 Å². The number of benzene rings is 2. The Kier molecular flexibility index (Phi) is 13.2. The van der Waals surface area contributed by atoms with Gasteiger partial charge in [0.15, 0.2) is 6.10 Å². The summed E-state index contributed by atoms with van der Waals surface area (Å²) in [5.74, 6) is 0.320. The fraction of sp³-hybridized carbons (Fsp3) is 0.481. The summed E-state index contributed by atoms with van der Waals surface area (Å²) in [6.07, 6.45) is 1.07. The average molecular weight is 503 g/mol. The average Bonchev–Trinajstić information content (AvgIpc) is 2.88. The van der Waals surface area contributed by atoms with Crippen LogP contribution in [0, 0.1) is 0 Å². The van der Waals surface area contributed by atoms with Gasteiger partial charge in [-0.2, -0.15) is 0 Å². The van der Waals surface area contributed by atoms with Gasteiger partial charge in [0.1, 0.15) is 18.1 Å². The summed E-state index contributed by atoms with van der Waals surface area (Å²) >= 11 is 0. The molecule has 0 fully saturated rings. The third-order valence-corrected chi connectivity index (χ3v) is 5.29. The summed E-state index contributed by atoms with van der Waals surface area (Å²) in [7, 11) is 1.58. The number of carbonyl (C=O) groups is 2. The number of carboxylic acid groups (broad SMARTS) is 1. The number of carbonyl (C=O) groups excluding carboxylic acids is 1. The Morgan fingerprint density at radius 3 is 2.44 bits per heavy atom. The van der Waals surface area contributed by atoms with Crippen molar-refractivity contribution in [3.8, 4) is 11.5 Å². The molecule has 0 heterocycles. The molecular formula is C27H38N2O7. The van der Waals surface area contributed by atoms with Crippen LogP contribution in [-0.2, 0) is 20.7 Å². The van der Waals surface area contributed by atoms with E-state index in [9.17, 15) is 14.7 Å². The summed E-state index contributed by atoms with van der Waals surface area (Å²) in [5.41, 5.74) is 1.49. The summed E-state index contributed by atoms with van der Waals surface area (Å²) in [6.45, 7) is 6.66. The molecule has 2 N–H and O–H groups in total. The second-order valence-electron chi connectivity index (χ2n) is 8.09. The fourth-order valence-corrected chi connectivity index (χ4v) is 3.45. The number of amides is 2. The van der Waals surface area contributed by atoms with E-state index in [1.54, 1.807) is 37.1 Å². The SMILES string of the molecule is CCCOCCCN(CCOc1ccc(CC(OCC)C(=O)O)cc1)C(=O)Nc1cccc(OC)c1. The monoisotopic (exact) mass is 502 g/mol. The Hall–Kier alpha value is -3.30. The van der Waals surface area contributed by atoms with Crippen LogP contribution in [-0.4, -0.2) is 74.7 Å². The molecule has 0 aromatic heterocycles. The molecule has 0 bridgehead atoms. The van der Waals surface area contributed by atoms with Gasteiger partial charge >= 0.3 is 12.0 Å². The molecule has 9 heteroatoms. The standard InChI is InChI=1S/C27H38N2O7/c1-4-16-34-17-7-14-29(27(32)28-22-8-6-9-24(20-22)33-3)15-18-36-23-12-10-21(11-13-23)19-25(26(30)31)35-5-2/h6,8-13,20,25H,4-5,7,14-19H2,1-3H3,(H,28,32)(H,30,31). The highest BCUT2D eigenvalue weighted by Gasteiger charge is 2.18. The van der Waals surface area contributed by atoms with Gasteiger partial charge in [0.25, 0.3) is 0 Å². The molecule has 2 aromatic carbocycles. The lowest BCUT2D eigenvalue weighted by atomic mass is 10.1. The Morgan fingerprint density at radius 1 is 1.00 bits per heavy atom. The van der Waals surface area contributed by atoms with E-state index in [2.05, 4.69) is 12.2 Å². The first-order valence-electron chi connectivity index (χ1n) is 12.3. The Morgan fingerprint density at radius 2 is 1.78 bits per heavy atom. The number of nitrogens with zero attached hydrogens (tertiary/aromatic N) is 1. The predicted molar refractivity (Wildman–Crippen MR) is 138 cm³/mol. The number of nitrogens with one attached hydrogen (secondary N) is 1. The first-order valence-corrected chi connectivity index (χ1v) is 12.3.